The van der Waals surface area contributed by atoms with Crippen LogP contribution in [0, 0.1) is 11.8 Å². The van der Waals surface area contributed by atoms with Crippen LogP contribution in [0.25, 0.3) is 0 Å². The Morgan fingerprint density at radius 3 is 1.27 bits per heavy atom. The summed E-state index contributed by atoms with van der Waals surface area (Å²) in [6, 6.07) is -13.9. The first-order valence-electron chi connectivity index (χ1n) is 42.1. The Hall–Kier alpha value is -14.2. The SMILES string of the molecule is CC(C)C[C@H](NC(=O)[C@H](Cc1ccc(O)cc1)NC(=O)[C@H](CO)NC(=O)[C@H](CO)NC(=O)[C@@H](NC(=O)[C@H](CC(=O)O)NC(=O)[C@H](CO)NC(=O)[C@@H](NC(=O)[C@H](Cc1ccccc1)NC(=O)[C@@H](NC(=O)CNC(=O)[C@H](CCC(=O)O)NC(=O)C(C)(C)NC(=O)[C@@H](N)Cc1c[nH]cn1)[C@@H](C)O)[C@@H](C)O)C(C)C)C(=O)N[C@@H](CCC(=O)O)C(=O)NCC(=O)N[C@@H](CCC(N)=O)C(=O)N[C@@H](C)C=O. The molecule has 52 heteroatoms. The van der Waals surface area contributed by atoms with Gasteiger partial charge < -0.3 is 158 Å². The van der Waals surface area contributed by atoms with Gasteiger partial charge in [-0.2, -0.15) is 0 Å². The van der Waals surface area contributed by atoms with E-state index in [0.29, 0.717) is 17.5 Å². The number of carboxylic acid groups (broad SMARTS) is 3. The van der Waals surface area contributed by atoms with Crippen molar-refractivity contribution in [3.8, 4) is 5.75 Å². The molecule has 31 N–H and O–H groups in total. The Morgan fingerprint density at radius 1 is 0.425 bits per heavy atom. The molecule has 3 aromatic rings. The standard InChI is InChI=1S/C82H121N21O31/c1-38(2)25-51(71(124)91-48(20-23-61(114)115)68(121)86-31-59(112)90-50(19-22-58(84)111)70(123)89-40(5)33-104)92-72(125)52(27-44-15-17-46(110)18-16-44)93-75(128)55(34-105)96-77(130)57(36-107)97-78(131)64(39(3)4)101-74(127)54(29-63(118)119)94-76(129)56(35-106)98-80(133)66(42(7)109)102-73(126)53(26-43-13-11-10-12-14-43)95-79(132)65(41(6)108)100-60(113)32-87-69(122)49(21-24-62(116)117)99-81(134)82(8,9)103-67(120)47(83)28-45-30-85-37-88-45/h10-18,30,33,37-42,47-57,64-66,105-110H,19-29,31-32,34-36,83H2,1-9H3,(H2,84,111)(H,85,88)(H,86,121)(H,87,122)(H,89,123)(H,90,112)(H,91,124)(H,92,125)(H,93,128)(H,94,129)(H,95,132)(H,96,130)(H,97,131)(H,98,133)(H,99,134)(H,100,113)(H,101,127)(H,102,126)(H,103,120)(H,114,115)(H,116,117)(H,118,119)/t40-,41+,42+,47-,48-,49-,50-,51-,52-,53-,54-,55-,56-,57-,64-,65-,66-/m0/s1. The number of benzene rings is 2. The number of imidazole rings is 1. The molecule has 0 aliphatic rings. The van der Waals surface area contributed by atoms with Gasteiger partial charge in [0.15, 0.2) is 0 Å². The number of aromatic amines is 1. The lowest BCUT2D eigenvalue weighted by Gasteiger charge is -2.29. The van der Waals surface area contributed by atoms with Crippen molar-refractivity contribution in [3.63, 3.8) is 0 Å². The summed E-state index contributed by atoms with van der Waals surface area (Å²) in [5.41, 5.74) is 10.5. The monoisotopic (exact) mass is 1900 g/mol. The number of carbonyl (C=O) groups is 22. The molecule has 0 bridgehead atoms. The van der Waals surface area contributed by atoms with Gasteiger partial charge in [0.05, 0.1) is 75.6 Å². The van der Waals surface area contributed by atoms with Gasteiger partial charge in [-0.05, 0) is 95.4 Å². The zero-order chi connectivity index (χ0) is 101. The lowest BCUT2D eigenvalue weighted by Crippen LogP contribution is -2.63. The Bertz CT molecular complexity index is 4580. The molecule has 3 rings (SSSR count). The number of phenolic OH excluding ortho intramolecular Hbond substituents is 1. The van der Waals surface area contributed by atoms with Crippen molar-refractivity contribution in [2.24, 2.45) is 23.3 Å². The number of phenols is 1. The van der Waals surface area contributed by atoms with Crippen LogP contribution in [-0.2, 0) is 125 Å². The number of aromatic hydroxyl groups is 1. The maximum absolute atomic E-state index is 14.5. The van der Waals surface area contributed by atoms with E-state index in [1.54, 1.807) is 19.9 Å². The van der Waals surface area contributed by atoms with Crippen LogP contribution in [0.15, 0.2) is 67.1 Å². The Balaban J connectivity index is 1.81. The zero-order valence-electron chi connectivity index (χ0n) is 74.8. The molecular formula is C82H121N21O31. The number of hydrogen-bond donors (Lipinski definition) is 29. The number of carboxylic acids is 3. The average Bonchev–Trinajstić information content (AvgIpc) is 1.01. The van der Waals surface area contributed by atoms with Crippen molar-refractivity contribution in [2.45, 2.75) is 241 Å². The highest BCUT2D eigenvalue weighted by atomic mass is 16.4. The van der Waals surface area contributed by atoms with Gasteiger partial charge in [-0.25, -0.2) is 4.98 Å². The number of hydrogen-bond acceptors (Lipinski definition) is 30. The first-order valence-corrected chi connectivity index (χ1v) is 42.1. The average molecular weight is 1900 g/mol. The van der Waals surface area contributed by atoms with Crippen LogP contribution in [0.1, 0.15) is 131 Å². The first-order chi connectivity index (χ1) is 62.8. The number of H-pyrrole nitrogens is 1. The molecule has 17 atom stereocenters. The fourth-order valence-corrected chi connectivity index (χ4v) is 12.4. The summed E-state index contributed by atoms with van der Waals surface area (Å²) >= 11 is 0. The molecule has 52 nitrogen and oxygen atoms in total. The summed E-state index contributed by atoms with van der Waals surface area (Å²) < 4.78 is 0. The molecule has 0 saturated carbocycles. The van der Waals surface area contributed by atoms with Crippen LogP contribution in [0.2, 0.25) is 0 Å². The number of nitrogens with one attached hydrogen (secondary N) is 18. The van der Waals surface area contributed by atoms with Gasteiger partial charge >= 0.3 is 17.9 Å². The number of aldehydes is 1. The molecule has 1 heterocycles. The lowest BCUT2D eigenvalue weighted by molar-refractivity contribution is -0.142. The van der Waals surface area contributed by atoms with Gasteiger partial charge in [0.2, 0.25) is 106 Å². The maximum atomic E-state index is 14.5. The minimum Gasteiger partial charge on any atom is -0.508 e. The third-order valence-corrected chi connectivity index (χ3v) is 19.7. The van der Waals surface area contributed by atoms with Crippen molar-refractivity contribution in [1.82, 2.24) is 100 Å². The zero-order valence-corrected chi connectivity index (χ0v) is 74.8. The van der Waals surface area contributed by atoms with Gasteiger partial charge in [0, 0.05) is 44.7 Å². The molecule has 0 spiro atoms. The number of aliphatic hydroxyl groups is 5. The minimum absolute atomic E-state index is 0.0324. The van der Waals surface area contributed by atoms with Crippen LogP contribution in [0.5, 0.6) is 5.75 Å². The molecule has 0 fully saturated rings. The summed E-state index contributed by atoms with van der Waals surface area (Å²) in [7, 11) is 0. The molecule has 0 saturated heterocycles. The van der Waals surface area contributed by atoms with Gasteiger partial charge in [-0.3, -0.25) is 101 Å². The normalized spacial score (nSPS) is 15.0. The number of nitrogens with two attached hydrogens (primary N) is 2. The summed E-state index contributed by atoms with van der Waals surface area (Å²) in [6.45, 7) is 5.92. The van der Waals surface area contributed by atoms with E-state index in [4.69, 9.17) is 11.5 Å². The largest absolute Gasteiger partial charge is 0.508 e. The molecule has 0 aliphatic heterocycles. The van der Waals surface area contributed by atoms with Crippen LogP contribution in [-0.4, -0.2) is 328 Å². The molecule has 134 heavy (non-hydrogen) atoms. The van der Waals surface area contributed by atoms with E-state index >= 15 is 0 Å². The Kier molecular flexibility index (Phi) is 48.0. The Labute approximate surface area is 766 Å². The van der Waals surface area contributed by atoms with Crippen LogP contribution >= 0.6 is 0 Å². The van der Waals surface area contributed by atoms with Gasteiger partial charge in [-0.15, -0.1) is 0 Å². The summed E-state index contributed by atoms with van der Waals surface area (Å²) in [5.74, 6) is -27.6. The summed E-state index contributed by atoms with van der Waals surface area (Å²) in [4.78, 5) is 299. The molecule has 18 amide bonds. The third-order valence-electron chi connectivity index (χ3n) is 19.7. The van der Waals surface area contributed by atoms with Crippen molar-refractivity contribution in [1.29, 1.82) is 0 Å². The Morgan fingerprint density at radius 2 is 0.813 bits per heavy atom. The van der Waals surface area contributed by atoms with E-state index in [9.17, 15) is 151 Å². The minimum atomic E-state index is -2.21. The van der Waals surface area contributed by atoms with Gasteiger partial charge in [0.1, 0.15) is 96.1 Å². The van der Waals surface area contributed by atoms with E-state index in [2.05, 4.69) is 89.7 Å². The van der Waals surface area contributed by atoms with Crippen molar-refractivity contribution >= 4 is 131 Å². The van der Waals surface area contributed by atoms with Gasteiger partial charge in [-0.1, -0.05) is 70.2 Å². The topological polar surface area (TPSA) is 843 Å². The van der Waals surface area contributed by atoms with Crippen molar-refractivity contribution in [3.05, 3.63) is 83.9 Å². The predicted molar refractivity (Wildman–Crippen MR) is 463 cm³/mol. The quantitative estimate of drug-likeness (QED) is 0.0233. The summed E-state index contributed by atoms with van der Waals surface area (Å²) in [6.07, 6.45) is -6.22. The smallest absolute Gasteiger partial charge is 0.305 e. The number of aromatic nitrogens is 2. The highest BCUT2D eigenvalue weighted by Gasteiger charge is 2.41. The summed E-state index contributed by atoms with van der Waals surface area (Å²) in [5, 5.41) is 130. The molecule has 0 aliphatic carbocycles. The second-order valence-corrected chi connectivity index (χ2v) is 32.4. The maximum Gasteiger partial charge on any atom is 0.305 e. The highest BCUT2D eigenvalue weighted by molar-refractivity contribution is 6.02. The molecule has 740 valence electrons. The van der Waals surface area contributed by atoms with Gasteiger partial charge in [0.25, 0.3) is 0 Å². The molecule has 0 unspecified atom stereocenters. The number of aliphatic hydroxyl groups excluding tert-OH is 5. The number of nitrogens with zero attached hydrogens (tertiary/aromatic N) is 1. The van der Waals surface area contributed by atoms with Crippen molar-refractivity contribution < 1.29 is 151 Å². The number of amides is 18. The highest BCUT2D eigenvalue weighted by Crippen LogP contribution is 2.17. The van der Waals surface area contributed by atoms with E-state index in [-0.39, 0.29) is 30.6 Å². The molecule has 1 aromatic heterocycles. The van der Waals surface area contributed by atoms with E-state index < -0.39 is 329 Å². The lowest BCUT2D eigenvalue weighted by atomic mass is 10.00. The second-order valence-electron chi connectivity index (χ2n) is 32.4. The van der Waals surface area contributed by atoms with Crippen LogP contribution in [0.3, 0.4) is 0 Å². The molecule has 2 aromatic carbocycles. The van der Waals surface area contributed by atoms with E-state index in [1.165, 1.54) is 95.7 Å². The first kappa shape index (κ1) is 114. The molecular weight excluding hydrogens is 1780 g/mol. The number of rotatable bonds is 60. The second kappa shape index (κ2) is 56.5. The third kappa shape index (κ3) is 40.6. The van der Waals surface area contributed by atoms with Crippen LogP contribution < -0.4 is 102 Å². The number of aliphatic carboxylic acids is 3. The number of carbonyl (C=O) groups excluding carboxylic acids is 19. The fraction of sp³-hybridized carbons (Fsp3) is 0.549. The predicted octanol–water partition coefficient (Wildman–Crippen LogP) is -11.5. The molecule has 0 radical (unpaired) electrons. The van der Waals surface area contributed by atoms with E-state index in [1.807, 2.05) is 10.6 Å². The van der Waals surface area contributed by atoms with E-state index in [0.717, 1.165) is 13.8 Å². The number of primary amides is 1. The van der Waals surface area contributed by atoms with Crippen molar-refractivity contribution in [2.75, 3.05) is 32.9 Å². The van der Waals surface area contributed by atoms with Crippen LogP contribution in [0.4, 0.5) is 0 Å². The fourth-order valence-electron chi connectivity index (χ4n) is 12.4.